The van der Waals surface area contributed by atoms with E-state index in [2.05, 4.69) is 5.32 Å². The van der Waals surface area contributed by atoms with Crippen LogP contribution < -0.4 is 5.32 Å². The minimum Gasteiger partial charge on any atom is -0.350 e. The van der Waals surface area contributed by atoms with E-state index in [1.807, 2.05) is 42.1 Å². The standard InChI is InChI=1S/C25H19N3O3/c1-27-13-12-20-21(10-5-11-22(20)27)26-23(29)17-7-4-6-16(14-17)15-28-24(30)18-8-2-3-9-19(18)25(28)31/h2-14H,15H2,1H3,(H,26,29). The minimum absolute atomic E-state index is 0.113. The van der Waals surface area contributed by atoms with E-state index < -0.39 is 0 Å². The Morgan fingerprint density at radius 3 is 2.32 bits per heavy atom. The molecule has 0 saturated carbocycles. The van der Waals surface area contributed by atoms with Crippen molar-refractivity contribution in [1.29, 1.82) is 0 Å². The highest BCUT2D eigenvalue weighted by atomic mass is 16.2. The number of amides is 3. The fourth-order valence-corrected chi connectivity index (χ4v) is 3.98. The van der Waals surface area contributed by atoms with Crippen LogP contribution in [0.3, 0.4) is 0 Å². The fourth-order valence-electron chi connectivity index (χ4n) is 3.98. The number of aryl methyl sites for hydroxylation is 1. The summed E-state index contributed by atoms with van der Waals surface area (Å²) < 4.78 is 1.99. The summed E-state index contributed by atoms with van der Waals surface area (Å²) in [4.78, 5) is 39.4. The maximum Gasteiger partial charge on any atom is 0.261 e. The third-order valence-corrected chi connectivity index (χ3v) is 5.58. The number of hydrogen-bond acceptors (Lipinski definition) is 3. The van der Waals surface area contributed by atoms with Crippen molar-refractivity contribution in [3.63, 3.8) is 0 Å². The molecule has 0 aliphatic carbocycles. The molecule has 1 aromatic heterocycles. The van der Waals surface area contributed by atoms with Gasteiger partial charge >= 0.3 is 0 Å². The summed E-state index contributed by atoms with van der Waals surface area (Å²) in [5, 5.41) is 3.93. The fraction of sp³-hybridized carbons (Fsp3) is 0.0800. The van der Waals surface area contributed by atoms with E-state index in [0.29, 0.717) is 22.3 Å². The predicted octanol–water partition coefficient (Wildman–Crippen LogP) is 4.23. The number of imide groups is 1. The lowest BCUT2D eigenvalue weighted by Gasteiger charge is -2.14. The number of nitrogens with one attached hydrogen (secondary N) is 1. The van der Waals surface area contributed by atoms with E-state index in [4.69, 9.17) is 0 Å². The van der Waals surface area contributed by atoms with Gasteiger partial charge in [0.2, 0.25) is 0 Å². The van der Waals surface area contributed by atoms with Crippen molar-refractivity contribution in [2.24, 2.45) is 7.05 Å². The SMILES string of the molecule is Cn1ccc2c(NC(=O)c3cccc(CN4C(=O)c5ccccc5C4=O)c3)cccc21. The number of nitrogens with zero attached hydrogens (tertiary/aromatic N) is 2. The van der Waals surface area contributed by atoms with Gasteiger partial charge in [-0.2, -0.15) is 0 Å². The summed E-state index contributed by atoms with van der Waals surface area (Å²) in [5.41, 5.74) is 3.75. The Balaban J connectivity index is 1.37. The smallest absolute Gasteiger partial charge is 0.261 e. The van der Waals surface area contributed by atoms with Crippen LogP contribution in [0.4, 0.5) is 5.69 Å². The van der Waals surface area contributed by atoms with E-state index in [0.717, 1.165) is 16.6 Å². The van der Waals surface area contributed by atoms with Crippen LogP contribution in [0.2, 0.25) is 0 Å². The highest BCUT2D eigenvalue weighted by molar-refractivity contribution is 6.21. The molecule has 1 N–H and O–H groups in total. The molecule has 1 aliphatic heterocycles. The van der Waals surface area contributed by atoms with Gasteiger partial charge in [-0.1, -0.05) is 30.3 Å². The first-order valence-corrected chi connectivity index (χ1v) is 9.92. The molecule has 0 radical (unpaired) electrons. The monoisotopic (exact) mass is 409 g/mol. The number of carbonyl (C=O) groups excluding carboxylic acids is 3. The molecule has 0 fully saturated rings. The van der Waals surface area contributed by atoms with Gasteiger partial charge in [-0.3, -0.25) is 19.3 Å². The van der Waals surface area contributed by atoms with Gasteiger partial charge in [0.05, 0.1) is 23.4 Å². The molecule has 152 valence electrons. The van der Waals surface area contributed by atoms with E-state index in [1.54, 1.807) is 48.5 Å². The first-order chi connectivity index (χ1) is 15.0. The lowest BCUT2D eigenvalue weighted by molar-refractivity contribution is 0.0642. The van der Waals surface area contributed by atoms with Crippen molar-refractivity contribution in [1.82, 2.24) is 9.47 Å². The molecule has 31 heavy (non-hydrogen) atoms. The molecule has 0 bridgehead atoms. The highest BCUT2D eigenvalue weighted by Gasteiger charge is 2.35. The molecule has 0 unspecified atom stereocenters. The molecule has 2 heterocycles. The van der Waals surface area contributed by atoms with Crippen molar-refractivity contribution in [3.05, 3.63) is 101 Å². The second kappa shape index (κ2) is 7.25. The normalized spacial score (nSPS) is 13.0. The third kappa shape index (κ3) is 3.18. The molecule has 0 atom stereocenters. The molecular formula is C25H19N3O3. The summed E-state index contributed by atoms with van der Waals surface area (Å²) in [6.07, 6.45) is 1.95. The van der Waals surface area contributed by atoms with Crippen molar-refractivity contribution in [2.45, 2.75) is 6.54 Å². The van der Waals surface area contributed by atoms with Gasteiger partial charge in [-0.25, -0.2) is 0 Å². The third-order valence-electron chi connectivity index (χ3n) is 5.58. The zero-order valence-electron chi connectivity index (χ0n) is 16.8. The highest BCUT2D eigenvalue weighted by Crippen LogP contribution is 2.26. The second-order valence-electron chi connectivity index (χ2n) is 7.56. The number of anilines is 1. The van der Waals surface area contributed by atoms with Gasteiger partial charge in [0.25, 0.3) is 17.7 Å². The molecule has 5 rings (SSSR count). The summed E-state index contributed by atoms with van der Waals surface area (Å²) in [6.45, 7) is 0.113. The van der Waals surface area contributed by atoms with Crippen LogP contribution in [0.25, 0.3) is 10.9 Å². The Morgan fingerprint density at radius 2 is 1.58 bits per heavy atom. The summed E-state index contributed by atoms with van der Waals surface area (Å²) >= 11 is 0. The molecule has 6 nitrogen and oxygen atoms in total. The molecule has 1 aliphatic rings. The zero-order valence-corrected chi connectivity index (χ0v) is 16.8. The first-order valence-electron chi connectivity index (χ1n) is 9.92. The number of carbonyl (C=O) groups is 3. The second-order valence-corrected chi connectivity index (χ2v) is 7.56. The largest absolute Gasteiger partial charge is 0.350 e. The average Bonchev–Trinajstić information content (AvgIpc) is 3.28. The molecule has 4 aromatic rings. The molecule has 0 spiro atoms. The number of hydrogen-bond donors (Lipinski definition) is 1. The Hall–Kier alpha value is -4.19. The molecule has 3 amide bonds. The average molecular weight is 409 g/mol. The van der Waals surface area contributed by atoms with E-state index >= 15 is 0 Å². The summed E-state index contributed by atoms with van der Waals surface area (Å²) in [7, 11) is 1.95. The maximum atomic E-state index is 12.9. The molecule has 3 aromatic carbocycles. The van der Waals surface area contributed by atoms with Crippen LogP contribution in [-0.2, 0) is 13.6 Å². The van der Waals surface area contributed by atoms with Crippen LogP contribution in [0, 0.1) is 0 Å². The van der Waals surface area contributed by atoms with Crippen molar-refractivity contribution in [3.8, 4) is 0 Å². The zero-order chi connectivity index (χ0) is 21.5. The number of benzene rings is 3. The topological polar surface area (TPSA) is 71.4 Å². The quantitative estimate of drug-likeness (QED) is 0.513. The lowest BCUT2D eigenvalue weighted by Crippen LogP contribution is -2.29. The van der Waals surface area contributed by atoms with Crippen LogP contribution >= 0.6 is 0 Å². The Bertz CT molecular complexity index is 1330. The first kappa shape index (κ1) is 18.8. The minimum atomic E-state index is -0.314. The number of fused-ring (bicyclic) bond motifs is 2. The van der Waals surface area contributed by atoms with E-state index in [-0.39, 0.29) is 24.3 Å². The molecule has 0 saturated heterocycles. The van der Waals surface area contributed by atoms with Crippen LogP contribution in [0.1, 0.15) is 36.6 Å². The predicted molar refractivity (Wildman–Crippen MR) is 118 cm³/mol. The number of aromatic nitrogens is 1. The van der Waals surface area contributed by atoms with Gasteiger partial charge in [0, 0.05) is 29.7 Å². The Labute approximate surface area is 178 Å². The Morgan fingerprint density at radius 1 is 0.871 bits per heavy atom. The summed E-state index contributed by atoms with van der Waals surface area (Å²) in [5.74, 6) is -0.877. The number of rotatable bonds is 4. The van der Waals surface area contributed by atoms with Crippen molar-refractivity contribution < 1.29 is 14.4 Å². The van der Waals surface area contributed by atoms with Crippen LogP contribution in [-0.4, -0.2) is 27.2 Å². The van der Waals surface area contributed by atoms with Gasteiger partial charge in [0.15, 0.2) is 0 Å². The van der Waals surface area contributed by atoms with Crippen molar-refractivity contribution >= 4 is 34.3 Å². The maximum absolute atomic E-state index is 12.9. The van der Waals surface area contributed by atoms with Crippen LogP contribution in [0.5, 0.6) is 0 Å². The molecule has 6 heteroatoms. The van der Waals surface area contributed by atoms with Gasteiger partial charge < -0.3 is 9.88 Å². The van der Waals surface area contributed by atoms with Gasteiger partial charge in [-0.15, -0.1) is 0 Å². The van der Waals surface area contributed by atoms with Crippen molar-refractivity contribution in [2.75, 3.05) is 5.32 Å². The van der Waals surface area contributed by atoms with Gasteiger partial charge in [-0.05, 0) is 48.0 Å². The Kier molecular flexibility index (Phi) is 4.40. The van der Waals surface area contributed by atoms with Crippen LogP contribution in [0.15, 0.2) is 79.0 Å². The van der Waals surface area contributed by atoms with Gasteiger partial charge in [0.1, 0.15) is 0 Å². The lowest BCUT2D eigenvalue weighted by atomic mass is 10.1. The van der Waals surface area contributed by atoms with E-state index in [1.165, 1.54) is 4.90 Å². The summed E-state index contributed by atoms with van der Waals surface area (Å²) in [6, 6.07) is 21.5. The molecular weight excluding hydrogens is 390 g/mol. The van der Waals surface area contributed by atoms with E-state index in [9.17, 15) is 14.4 Å².